The lowest BCUT2D eigenvalue weighted by molar-refractivity contribution is -0.125. The number of hydrogen-bond donors (Lipinski definition) is 1. The summed E-state index contributed by atoms with van der Waals surface area (Å²) in [5, 5.41) is 2.96. The van der Waals surface area contributed by atoms with Crippen molar-refractivity contribution in [1.29, 1.82) is 0 Å². The van der Waals surface area contributed by atoms with E-state index in [1.54, 1.807) is 26.8 Å². The van der Waals surface area contributed by atoms with Crippen molar-refractivity contribution in [2.45, 2.75) is 51.7 Å². The van der Waals surface area contributed by atoms with Crippen molar-refractivity contribution in [3.05, 3.63) is 29.8 Å². The number of carbonyl (C=O) groups is 2. The molecule has 0 radical (unpaired) electrons. The number of anilines is 1. The topological polar surface area (TPSA) is 61.9 Å². The van der Waals surface area contributed by atoms with Gasteiger partial charge in [0.1, 0.15) is 11.6 Å². The van der Waals surface area contributed by atoms with Crippen LogP contribution in [0.1, 0.15) is 40.0 Å². The van der Waals surface area contributed by atoms with E-state index < -0.39 is 29.4 Å². The molecule has 2 amide bonds. The highest BCUT2D eigenvalue weighted by molar-refractivity contribution is 5.86. The lowest BCUT2D eigenvalue weighted by atomic mass is 10.1. The summed E-state index contributed by atoms with van der Waals surface area (Å²) in [5.74, 6) is -1.67. The number of ether oxygens (including phenoxy) is 1. The summed E-state index contributed by atoms with van der Waals surface area (Å²) in [7, 11) is 0. The predicted molar refractivity (Wildman–Crippen MR) is 106 cm³/mol. The van der Waals surface area contributed by atoms with Crippen LogP contribution in [0.5, 0.6) is 0 Å². The number of carbonyl (C=O) groups excluding carboxylic acids is 2. The third-order valence-electron chi connectivity index (χ3n) is 5.30. The maximum absolute atomic E-state index is 13.5. The van der Waals surface area contributed by atoms with Crippen molar-refractivity contribution in [2.75, 3.05) is 31.1 Å². The smallest absolute Gasteiger partial charge is 0.410 e. The van der Waals surface area contributed by atoms with E-state index in [1.165, 1.54) is 11.0 Å². The fourth-order valence-electron chi connectivity index (χ4n) is 3.86. The minimum absolute atomic E-state index is 0.167. The molecule has 1 aromatic carbocycles. The van der Waals surface area contributed by atoms with Gasteiger partial charge in [0.15, 0.2) is 11.6 Å². The number of nitrogens with one attached hydrogen (secondary N) is 1. The SMILES string of the molecule is CC(C)(C)OC(=O)N1CCCC1C(=O)NCC1CCN(c2ccc(F)c(F)c2)C1. The fraction of sp³-hybridized carbons (Fsp3) is 0.619. The van der Waals surface area contributed by atoms with Gasteiger partial charge in [-0.05, 0) is 58.1 Å². The Kier molecular flexibility index (Phi) is 6.29. The highest BCUT2D eigenvalue weighted by Gasteiger charge is 2.37. The summed E-state index contributed by atoms with van der Waals surface area (Å²) < 4.78 is 32.0. The van der Waals surface area contributed by atoms with Crippen LogP contribution in [0.2, 0.25) is 0 Å². The van der Waals surface area contributed by atoms with Gasteiger partial charge in [-0.15, -0.1) is 0 Å². The van der Waals surface area contributed by atoms with Gasteiger partial charge >= 0.3 is 6.09 Å². The number of hydrogen-bond acceptors (Lipinski definition) is 4. The molecule has 160 valence electrons. The van der Waals surface area contributed by atoms with Crippen LogP contribution in [0.3, 0.4) is 0 Å². The van der Waals surface area contributed by atoms with Crippen LogP contribution in [-0.4, -0.2) is 54.7 Å². The summed E-state index contributed by atoms with van der Waals surface area (Å²) in [6.07, 6.45) is 1.78. The Hall–Kier alpha value is -2.38. The summed E-state index contributed by atoms with van der Waals surface area (Å²) in [6, 6.07) is 3.39. The molecular weight excluding hydrogens is 380 g/mol. The zero-order valence-electron chi connectivity index (χ0n) is 17.2. The van der Waals surface area contributed by atoms with Gasteiger partial charge in [-0.2, -0.15) is 0 Å². The van der Waals surface area contributed by atoms with Gasteiger partial charge in [-0.3, -0.25) is 9.69 Å². The van der Waals surface area contributed by atoms with E-state index in [9.17, 15) is 18.4 Å². The monoisotopic (exact) mass is 409 g/mol. The Morgan fingerprint density at radius 3 is 2.62 bits per heavy atom. The average molecular weight is 409 g/mol. The molecule has 6 nitrogen and oxygen atoms in total. The molecule has 0 bridgehead atoms. The molecular formula is C21H29F2N3O3. The van der Waals surface area contributed by atoms with Crippen molar-refractivity contribution in [1.82, 2.24) is 10.2 Å². The number of amides is 2. The van der Waals surface area contributed by atoms with E-state index in [-0.39, 0.29) is 11.8 Å². The van der Waals surface area contributed by atoms with E-state index in [2.05, 4.69) is 5.32 Å². The number of benzene rings is 1. The second-order valence-corrected chi connectivity index (χ2v) is 8.78. The first kappa shape index (κ1) is 21.3. The minimum Gasteiger partial charge on any atom is -0.444 e. The average Bonchev–Trinajstić information content (AvgIpc) is 3.30. The van der Waals surface area contributed by atoms with Crippen molar-refractivity contribution < 1.29 is 23.1 Å². The molecule has 29 heavy (non-hydrogen) atoms. The van der Waals surface area contributed by atoms with Crippen LogP contribution < -0.4 is 10.2 Å². The molecule has 2 unspecified atom stereocenters. The lowest BCUT2D eigenvalue weighted by Gasteiger charge is -2.28. The zero-order valence-corrected chi connectivity index (χ0v) is 17.2. The van der Waals surface area contributed by atoms with Gasteiger partial charge in [-0.1, -0.05) is 0 Å². The standard InChI is InChI=1S/C21H29F2N3O3/c1-21(2,3)29-20(28)26-9-4-5-18(26)19(27)24-12-14-8-10-25(13-14)15-6-7-16(22)17(23)11-15/h6-7,11,14,18H,4-5,8-10,12-13H2,1-3H3,(H,24,27). The Morgan fingerprint density at radius 1 is 1.17 bits per heavy atom. The van der Waals surface area contributed by atoms with Gasteiger partial charge in [-0.25, -0.2) is 13.6 Å². The first-order valence-electron chi connectivity index (χ1n) is 10.1. The molecule has 2 atom stereocenters. The molecule has 2 aliphatic heterocycles. The Morgan fingerprint density at radius 2 is 1.93 bits per heavy atom. The quantitative estimate of drug-likeness (QED) is 0.829. The third kappa shape index (κ3) is 5.36. The van der Waals surface area contributed by atoms with Crippen molar-refractivity contribution in [3.63, 3.8) is 0 Å². The number of likely N-dealkylation sites (tertiary alicyclic amines) is 1. The van der Waals surface area contributed by atoms with Crippen molar-refractivity contribution >= 4 is 17.7 Å². The number of nitrogens with zero attached hydrogens (tertiary/aromatic N) is 2. The molecule has 3 rings (SSSR count). The van der Waals surface area contributed by atoms with Crippen LogP contribution in [-0.2, 0) is 9.53 Å². The summed E-state index contributed by atoms with van der Waals surface area (Å²) in [6.45, 7) is 7.78. The molecule has 2 saturated heterocycles. The van der Waals surface area contributed by atoms with E-state index >= 15 is 0 Å². The molecule has 2 aliphatic rings. The zero-order chi connectivity index (χ0) is 21.2. The van der Waals surface area contributed by atoms with Gasteiger partial charge in [0.25, 0.3) is 0 Å². The molecule has 0 saturated carbocycles. The Bertz CT molecular complexity index is 766. The van der Waals surface area contributed by atoms with Gasteiger partial charge in [0.2, 0.25) is 5.91 Å². The van der Waals surface area contributed by atoms with E-state index in [0.717, 1.165) is 25.5 Å². The van der Waals surface area contributed by atoms with Crippen LogP contribution >= 0.6 is 0 Å². The molecule has 1 N–H and O–H groups in total. The van der Waals surface area contributed by atoms with Gasteiger partial charge in [0, 0.05) is 37.9 Å². The predicted octanol–water partition coefficient (Wildman–Crippen LogP) is 3.31. The highest BCUT2D eigenvalue weighted by atomic mass is 19.2. The molecule has 2 fully saturated rings. The normalized spacial score (nSPS) is 22.1. The van der Waals surface area contributed by atoms with Crippen LogP contribution in [0.4, 0.5) is 19.3 Å². The van der Waals surface area contributed by atoms with E-state index in [1.807, 2.05) is 4.90 Å². The Balaban J connectivity index is 1.50. The first-order valence-corrected chi connectivity index (χ1v) is 10.1. The number of halogens is 2. The number of rotatable bonds is 4. The van der Waals surface area contributed by atoms with E-state index in [4.69, 9.17) is 4.74 Å². The molecule has 0 aliphatic carbocycles. The maximum Gasteiger partial charge on any atom is 0.410 e. The van der Waals surface area contributed by atoms with Crippen LogP contribution in [0.15, 0.2) is 18.2 Å². The fourth-order valence-corrected chi connectivity index (χ4v) is 3.86. The second kappa shape index (κ2) is 8.55. The molecule has 0 aromatic heterocycles. The highest BCUT2D eigenvalue weighted by Crippen LogP contribution is 2.25. The van der Waals surface area contributed by atoms with Gasteiger partial charge in [0.05, 0.1) is 0 Å². The summed E-state index contributed by atoms with van der Waals surface area (Å²) >= 11 is 0. The third-order valence-corrected chi connectivity index (χ3v) is 5.30. The first-order chi connectivity index (χ1) is 13.6. The minimum atomic E-state index is -0.859. The maximum atomic E-state index is 13.5. The lowest BCUT2D eigenvalue weighted by Crippen LogP contribution is -2.48. The van der Waals surface area contributed by atoms with Crippen molar-refractivity contribution in [2.24, 2.45) is 5.92 Å². The van der Waals surface area contributed by atoms with E-state index in [0.29, 0.717) is 31.7 Å². The van der Waals surface area contributed by atoms with Crippen LogP contribution in [0.25, 0.3) is 0 Å². The molecule has 2 heterocycles. The van der Waals surface area contributed by atoms with Crippen molar-refractivity contribution in [3.8, 4) is 0 Å². The van der Waals surface area contributed by atoms with Crippen LogP contribution in [0, 0.1) is 17.6 Å². The summed E-state index contributed by atoms with van der Waals surface area (Å²) in [4.78, 5) is 28.5. The Labute approximate surface area is 170 Å². The second-order valence-electron chi connectivity index (χ2n) is 8.78. The molecule has 1 aromatic rings. The summed E-state index contributed by atoms with van der Waals surface area (Å²) in [5.41, 5.74) is 0.0398. The molecule has 0 spiro atoms. The largest absolute Gasteiger partial charge is 0.444 e. The van der Waals surface area contributed by atoms with Gasteiger partial charge < -0.3 is 15.0 Å². The molecule has 8 heteroatoms.